The van der Waals surface area contributed by atoms with E-state index in [0.717, 1.165) is 5.56 Å². The van der Waals surface area contributed by atoms with Crippen LogP contribution in [0.15, 0.2) is 54.6 Å². The molecular formula is C28H36N4O6. The Balaban J connectivity index is 1.98. The number of ether oxygens (including phenoxy) is 1. The average Bonchev–Trinajstić information content (AvgIpc) is 3.55. The van der Waals surface area contributed by atoms with Crippen molar-refractivity contribution >= 4 is 23.8 Å². The number of nitrogens with two attached hydrogens (primary N) is 1. The third kappa shape index (κ3) is 7.71. The number of phenols is 1. The predicted molar refractivity (Wildman–Crippen MR) is 141 cm³/mol. The summed E-state index contributed by atoms with van der Waals surface area (Å²) in [4.78, 5) is 53.5. The van der Waals surface area contributed by atoms with E-state index in [1.54, 1.807) is 39.0 Å². The standard InChI is InChI=1S/C28H36N4O6/c1-17-14-21(17)32(26(36)20(15-23(29)34)31-27(37)38-28(2,3)4)24(19-12-8-9-13-22(19)33)25(35)30-16-18-10-6-5-7-11-18/h5-13,17,20-21,24,33H,14-16H2,1-4H3,(H2,29,34)(H,30,35)(H,31,37). The van der Waals surface area contributed by atoms with Crippen molar-refractivity contribution in [1.29, 1.82) is 0 Å². The van der Waals surface area contributed by atoms with Crippen LogP contribution in [0.2, 0.25) is 0 Å². The van der Waals surface area contributed by atoms with Crippen molar-refractivity contribution < 1.29 is 29.0 Å². The first-order valence-corrected chi connectivity index (χ1v) is 12.6. The molecule has 3 rings (SSSR count). The Hall–Kier alpha value is -4.08. The predicted octanol–water partition coefficient (Wildman–Crippen LogP) is 2.76. The van der Waals surface area contributed by atoms with Gasteiger partial charge in [0, 0.05) is 18.2 Å². The van der Waals surface area contributed by atoms with Crippen molar-refractivity contribution in [3.05, 3.63) is 65.7 Å². The highest BCUT2D eigenvalue weighted by molar-refractivity contribution is 5.95. The molecular weight excluding hydrogens is 488 g/mol. The van der Waals surface area contributed by atoms with Crippen molar-refractivity contribution in [2.45, 2.75) is 70.8 Å². The lowest BCUT2D eigenvalue weighted by Crippen LogP contribution is -2.55. The number of rotatable bonds is 10. The van der Waals surface area contributed by atoms with Crippen LogP contribution in [-0.4, -0.2) is 51.5 Å². The molecule has 2 aromatic carbocycles. The lowest BCUT2D eigenvalue weighted by molar-refractivity contribution is -0.144. The molecule has 1 aliphatic rings. The van der Waals surface area contributed by atoms with Gasteiger partial charge in [0.15, 0.2) is 0 Å². The van der Waals surface area contributed by atoms with Gasteiger partial charge in [-0.3, -0.25) is 14.4 Å². The molecule has 10 nitrogen and oxygen atoms in total. The maximum atomic E-state index is 14.0. The molecule has 0 aliphatic heterocycles. The van der Waals surface area contributed by atoms with Gasteiger partial charge in [0.25, 0.3) is 0 Å². The molecule has 0 radical (unpaired) electrons. The molecule has 0 aromatic heterocycles. The van der Waals surface area contributed by atoms with E-state index in [1.165, 1.54) is 11.0 Å². The van der Waals surface area contributed by atoms with Gasteiger partial charge in [0.05, 0.1) is 6.42 Å². The zero-order valence-electron chi connectivity index (χ0n) is 22.1. The van der Waals surface area contributed by atoms with Crippen LogP contribution >= 0.6 is 0 Å². The van der Waals surface area contributed by atoms with E-state index in [-0.39, 0.29) is 29.8 Å². The summed E-state index contributed by atoms with van der Waals surface area (Å²) in [6.45, 7) is 7.13. The minimum absolute atomic E-state index is 0.0602. The van der Waals surface area contributed by atoms with Gasteiger partial charge < -0.3 is 31.1 Å². The van der Waals surface area contributed by atoms with Crippen LogP contribution in [0.25, 0.3) is 0 Å². The van der Waals surface area contributed by atoms with Gasteiger partial charge in [-0.15, -0.1) is 0 Å². The van der Waals surface area contributed by atoms with Crippen molar-refractivity contribution in [2.24, 2.45) is 11.7 Å². The van der Waals surface area contributed by atoms with Gasteiger partial charge in [0.1, 0.15) is 23.4 Å². The number of alkyl carbamates (subject to hydrolysis) is 1. The van der Waals surface area contributed by atoms with Crippen molar-refractivity contribution in [3.63, 3.8) is 0 Å². The summed E-state index contributed by atoms with van der Waals surface area (Å²) in [5.41, 5.74) is 5.65. The number of hydrogen-bond donors (Lipinski definition) is 4. The molecule has 0 saturated heterocycles. The number of amides is 4. The van der Waals surface area contributed by atoms with Crippen LogP contribution in [0.4, 0.5) is 4.79 Å². The molecule has 1 fully saturated rings. The molecule has 4 unspecified atom stereocenters. The first-order chi connectivity index (χ1) is 17.9. The molecule has 4 amide bonds. The number of aromatic hydroxyl groups is 1. The Morgan fingerprint density at radius 1 is 1.08 bits per heavy atom. The van der Waals surface area contributed by atoms with Gasteiger partial charge in [-0.1, -0.05) is 55.5 Å². The number of nitrogens with one attached hydrogen (secondary N) is 2. The zero-order valence-corrected chi connectivity index (χ0v) is 22.1. The van der Waals surface area contributed by atoms with Crippen molar-refractivity contribution in [3.8, 4) is 5.75 Å². The second-order valence-corrected chi connectivity index (χ2v) is 10.6. The number of phenolic OH excluding ortho intramolecular Hbond substituents is 1. The number of benzene rings is 2. The van der Waals surface area contributed by atoms with Gasteiger partial charge in [-0.2, -0.15) is 0 Å². The van der Waals surface area contributed by atoms with Crippen molar-refractivity contribution in [1.82, 2.24) is 15.5 Å². The van der Waals surface area contributed by atoms with E-state index in [4.69, 9.17) is 10.5 Å². The average molecular weight is 525 g/mol. The van der Waals surface area contributed by atoms with Gasteiger partial charge in [-0.25, -0.2) is 4.79 Å². The van der Waals surface area contributed by atoms with E-state index in [1.807, 2.05) is 37.3 Å². The molecule has 1 saturated carbocycles. The van der Waals surface area contributed by atoms with Crippen LogP contribution in [0.3, 0.4) is 0 Å². The first kappa shape index (κ1) is 28.5. The van der Waals surface area contributed by atoms with Crippen molar-refractivity contribution in [2.75, 3.05) is 0 Å². The monoisotopic (exact) mass is 524 g/mol. The molecule has 38 heavy (non-hydrogen) atoms. The lowest BCUT2D eigenvalue weighted by Gasteiger charge is -2.35. The van der Waals surface area contributed by atoms with E-state index in [9.17, 15) is 24.3 Å². The zero-order chi connectivity index (χ0) is 28.0. The van der Waals surface area contributed by atoms with E-state index < -0.39 is 47.9 Å². The van der Waals surface area contributed by atoms with Crippen LogP contribution in [-0.2, 0) is 25.7 Å². The summed E-state index contributed by atoms with van der Waals surface area (Å²) in [6, 6.07) is 12.6. The normalized spacial score (nSPS) is 18.0. The number of nitrogens with zero attached hydrogens (tertiary/aromatic N) is 1. The molecule has 10 heteroatoms. The SMILES string of the molecule is CC1CC1N(C(=O)C(CC(N)=O)NC(=O)OC(C)(C)C)C(C(=O)NCc1ccccc1)c1ccccc1O. The molecule has 5 N–H and O–H groups in total. The summed E-state index contributed by atoms with van der Waals surface area (Å²) in [7, 11) is 0. The summed E-state index contributed by atoms with van der Waals surface area (Å²) >= 11 is 0. The smallest absolute Gasteiger partial charge is 0.408 e. The fourth-order valence-electron chi connectivity index (χ4n) is 4.22. The van der Waals surface area contributed by atoms with Gasteiger partial charge in [0.2, 0.25) is 17.7 Å². The minimum Gasteiger partial charge on any atom is -0.508 e. The summed E-state index contributed by atoms with van der Waals surface area (Å²) < 4.78 is 5.28. The van der Waals surface area contributed by atoms with Crippen LogP contribution in [0.1, 0.15) is 57.7 Å². The second kappa shape index (κ2) is 12.0. The maximum absolute atomic E-state index is 14.0. The fraction of sp³-hybridized carbons (Fsp3) is 0.429. The third-order valence-electron chi connectivity index (χ3n) is 6.14. The number of primary amides is 1. The number of carbonyl (C=O) groups excluding carboxylic acids is 4. The molecule has 0 spiro atoms. The third-order valence-corrected chi connectivity index (χ3v) is 6.14. The van der Waals surface area contributed by atoms with Crippen LogP contribution in [0.5, 0.6) is 5.75 Å². The lowest BCUT2D eigenvalue weighted by atomic mass is 10.0. The van der Waals surface area contributed by atoms with E-state index in [2.05, 4.69) is 10.6 Å². The number of hydrogen-bond acceptors (Lipinski definition) is 6. The highest BCUT2D eigenvalue weighted by atomic mass is 16.6. The highest BCUT2D eigenvalue weighted by Gasteiger charge is 2.49. The van der Waals surface area contributed by atoms with Gasteiger partial charge >= 0.3 is 6.09 Å². The molecule has 1 aliphatic carbocycles. The Bertz CT molecular complexity index is 1160. The quantitative estimate of drug-likeness (QED) is 0.375. The summed E-state index contributed by atoms with van der Waals surface area (Å²) in [5.74, 6) is -2.10. The Morgan fingerprint density at radius 3 is 2.24 bits per heavy atom. The Kier molecular flexibility index (Phi) is 8.98. The largest absolute Gasteiger partial charge is 0.508 e. The Labute approximate surface area is 222 Å². The molecule has 204 valence electrons. The first-order valence-electron chi connectivity index (χ1n) is 12.6. The molecule has 4 atom stereocenters. The fourth-order valence-corrected chi connectivity index (χ4v) is 4.22. The topological polar surface area (TPSA) is 151 Å². The van der Waals surface area contributed by atoms with Crippen LogP contribution < -0.4 is 16.4 Å². The highest BCUT2D eigenvalue weighted by Crippen LogP contribution is 2.42. The summed E-state index contributed by atoms with van der Waals surface area (Å²) in [5, 5.41) is 16.0. The summed E-state index contributed by atoms with van der Waals surface area (Å²) in [6.07, 6.45) is -0.777. The number of para-hydroxylation sites is 1. The van der Waals surface area contributed by atoms with E-state index >= 15 is 0 Å². The number of carbonyl (C=O) groups is 4. The molecule has 0 bridgehead atoms. The van der Waals surface area contributed by atoms with Gasteiger partial charge in [-0.05, 0) is 44.7 Å². The molecule has 0 heterocycles. The maximum Gasteiger partial charge on any atom is 0.408 e. The van der Waals surface area contributed by atoms with Crippen LogP contribution in [0, 0.1) is 5.92 Å². The molecule has 2 aromatic rings. The van der Waals surface area contributed by atoms with E-state index in [0.29, 0.717) is 6.42 Å². The Morgan fingerprint density at radius 2 is 1.68 bits per heavy atom. The second-order valence-electron chi connectivity index (χ2n) is 10.6. The minimum atomic E-state index is -1.37.